The fourth-order valence-electron chi connectivity index (χ4n) is 4.52. The standard InChI is InChI=1S/C32H40ClN3O5S/c1-5-24(4)34-32(38)28(6-2)35(22-21-25-13-9-8-10-14-25)31(37)23-36(29-15-11-12-16-30(29)41-7-3)42(39,40)27-19-17-26(33)18-20-27/h8-20,24,28H,5-7,21-23H2,1-4H3,(H,34,38)/t24-,28-/m0/s1. The largest absolute Gasteiger partial charge is 0.492 e. The number of rotatable bonds is 15. The fraction of sp³-hybridized carbons (Fsp3) is 0.375. The molecule has 0 radical (unpaired) electrons. The molecule has 3 aromatic carbocycles. The van der Waals surface area contributed by atoms with Crippen molar-refractivity contribution in [3.8, 4) is 5.75 Å². The van der Waals surface area contributed by atoms with Gasteiger partial charge in [0.25, 0.3) is 10.0 Å². The second-order valence-corrected chi connectivity index (χ2v) is 12.2. The summed E-state index contributed by atoms with van der Waals surface area (Å²) in [6, 6.07) is 21.3. The Morgan fingerprint density at radius 2 is 1.55 bits per heavy atom. The second-order valence-electron chi connectivity index (χ2n) is 9.93. The predicted molar refractivity (Wildman–Crippen MR) is 167 cm³/mol. The maximum atomic E-state index is 14.2. The van der Waals surface area contributed by atoms with Crippen LogP contribution < -0.4 is 14.4 Å². The smallest absolute Gasteiger partial charge is 0.264 e. The number of anilines is 1. The molecule has 0 saturated heterocycles. The maximum Gasteiger partial charge on any atom is 0.264 e. The Morgan fingerprint density at radius 3 is 2.17 bits per heavy atom. The molecule has 0 unspecified atom stereocenters. The minimum absolute atomic E-state index is 0.0246. The summed E-state index contributed by atoms with van der Waals surface area (Å²) in [7, 11) is -4.24. The zero-order valence-electron chi connectivity index (χ0n) is 24.6. The monoisotopic (exact) mass is 613 g/mol. The second kappa shape index (κ2) is 15.6. The molecule has 2 atom stereocenters. The van der Waals surface area contributed by atoms with E-state index in [4.69, 9.17) is 16.3 Å². The number of para-hydroxylation sites is 2. The highest BCUT2D eigenvalue weighted by molar-refractivity contribution is 7.92. The molecular weight excluding hydrogens is 574 g/mol. The molecule has 0 bridgehead atoms. The van der Waals surface area contributed by atoms with Crippen molar-refractivity contribution in [2.75, 3.05) is 24.0 Å². The molecule has 0 saturated carbocycles. The summed E-state index contributed by atoms with van der Waals surface area (Å²) in [5.74, 6) is -0.446. The van der Waals surface area contributed by atoms with Crippen LogP contribution in [0, 0.1) is 0 Å². The van der Waals surface area contributed by atoms with Gasteiger partial charge in [-0.2, -0.15) is 0 Å². The van der Waals surface area contributed by atoms with E-state index < -0.39 is 28.5 Å². The number of halogens is 1. The number of hydrogen-bond acceptors (Lipinski definition) is 5. The van der Waals surface area contributed by atoms with Crippen LogP contribution in [0.3, 0.4) is 0 Å². The molecule has 0 heterocycles. The topological polar surface area (TPSA) is 96.0 Å². The first-order valence-corrected chi connectivity index (χ1v) is 16.1. The molecule has 1 N–H and O–H groups in total. The van der Waals surface area contributed by atoms with Crippen LogP contribution in [0.1, 0.15) is 46.1 Å². The van der Waals surface area contributed by atoms with Gasteiger partial charge in [-0.3, -0.25) is 13.9 Å². The third-order valence-corrected chi connectivity index (χ3v) is 9.01. The quantitative estimate of drug-likeness (QED) is 0.237. The van der Waals surface area contributed by atoms with Crippen molar-refractivity contribution in [3.05, 3.63) is 89.4 Å². The van der Waals surface area contributed by atoms with Crippen molar-refractivity contribution < 1.29 is 22.7 Å². The molecule has 0 aliphatic carbocycles. The molecule has 0 aromatic heterocycles. The first-order chi connectivity index (χ1) is 20.1. The van der Waals surface area contributed by atoms with Gasteiger partial charge in [0.05, 0.1) is 17.2 Å². The molecular formula is C32H40ClN3O5S. The Bertz CT molecular complexity index is 1420. The molecule has 0 spiro atoms. The lowest BCUT2D eigenvalue weighted by Gasteiger charge is -2.34. The number of carbonyl (C=O) groups excluding carboxylic acids is 2. The predicted octanol–water partition coefficient (Wildman–Crippen LogP) is 5.70. The Morgan fingerprint density at radius 1 is 0.905 bits per heavy atom. The minimum atomic E-state index is -4.24. The van der Waals surface area contributed by atoms with E-state index in [2.05, 4.69) is 5.32 Å². The molecule has 10 heteroatoms. The van der Waals surface area contributed by atoms with E-state index >= 15 is 0 Å². The zero-order chi connectivity index (χ0) is 30.7. The van der Waals surface area contributed by atoms with Crippen LogP contribution in [0.25, 0.3) is 0 Å². The average molecular weight is 614 g/mol. The lowest BCUT2D eigenvalue weighted by molar-refractivity contribution is -0.139. The molecule has 226 valence electrons. The van der Waals surface area contributed by atoms with Crippen LogP contribution in [0.2, 0.25) is 5.02 Å². The molecule has 42 heavy (non-hydrogen) atoms. The van der Waals surface area contributed by atoms with Gasteiger partial charge < -0.3 is 15.0 Å². The van der Waals surface area contributed by atoms with Gasteiger partial charge in [0.1, 0.15) is 18.3 Å². The van der Waals surface area contributed by atoms with Crippen LogP contribution in [0.5, 0.6) is 5.75 Å². The minimum Gasteiger partial charge on any atom is -0.492 e. The highest BCUT2D eigenvalue weighted by Gasteiger charge is 2.34. The third kappa shape index (κ3) is 8.49. The molecule has 0 aliphatic rings. The summed E-state index contributed by atoms with van der Waals surface area (Å²) < 4.78 is 35.0. The Hall–Kier alpha value is -3.56. The Labute approximate surface area is 254 Å². The van der Waals surface area contributed by atoms with Crippen molar-refractivity contribution in [2.45, 2.75) is 63.9 Å². The summed E-state index contributed by atoms with van der Waals surface area (Å²) in [5.41, 5.74) is 1.22. The van der Waals surface area contributed by atoms with Crippen molar-refractivity contribution in [3.63, 3.8) is 0 Å². The Balaban J connectivity index is 2.06. The number of benzene rings is 3. The van der Waals surface area contributed by atoms with E-state index in [1.54, 1.807) is 31.2 Å². The van der Waals surface area contributed by atoms with Crippen molar-refractivity contribution in [2.24, 2.45) is 0 Å². The SMILES string of the molecule is CCOc1ccccc1N(CC(=O)N(CCc1ccccc1)[C@@H](CC)C(=O)N[C@@H](C)CC)S(=O)(=O)c1ccc(Cl)cc1. The van der Waals surface area contributed by atoms with Gasteiger partial charge in [-0.1, -0.05) is 67.9 Å². The van der Waals surface area contributed by atoms with Gasteiger partial charge in [-0.25, -0.2) is 8.42 Å². The van der Waals surface area contributed by atoms with Crippen LogP contribution in [-0.4, -0.2) is 56.9 Å². The zero-order valence-corrected chi connectivity index (χ0v) is 26.2. The highest BCUT2D eigenvalue weighted by Crippen LogP contribution is 2.33. The lowest BCUT2D eigenvalue weighted by atomic mass is 10.1. The third-order valence-electron chi connectivity index (χ3n) is 6.99. The first-order valence-electron chi connectivity index (χ1n) is 14.3. The van der Waals surface area contributed by atoms with Crippen LogP contribution in [0.15, 0.2) is 83.8 Å². The molecule has 0 fully saturated rings. The van der Waals surface area contributed by atoms with E-state index in [-0.39, 0.29) is 29.1 Å². The molecule has 2 amide bonds. The normalized spacial score (nSPS) is 12.7. The summed E-state index contributed by atoms with van der Waals surface area (Å²) in [4.78, 5) is 29.0. The van der Waals surface area contributed by atoms with Gasteiger partial charge in [-0.15, -0.1) is 0 Å². The molecule has 0 aliphatic heterocycles. The van der Waals surface area contributed by atoms with Crippen molar-refractivity contribution in [1.82, 2.24) is 10.2 Å². The van der Waals surface area contributed by atoms with E-state index in [0.29, 0.717) is 30.2 Å². The van der Waals surface area contributed by atoms with Crippen molar-refractivity contribution in [1.29, 1.82) is 0 Å². The average Bonchev–Trinajstić information content (AvgIpc) is 2.99. The first kappa shape index (κ1) is 32.9. The highest BCUT2D eigenvalue weighted by atomic mass is 35.5. The fourth-order valence-corrected chi connectivity index (χ4v) is 6.08. The van der Waals surface area contributed by atoms with Gasteiger partial charge in [0, 0.05) is 17.6 Å². The lowest BCUT2D eigenvalue weighted by Crippen LogP contribution is -2.54. The summed E-state index contributed by atoms with van der Waals surface area (Å²) >= 11 is 6.04. The number of nitrogens with zero attached hydrogens (tertiary/aromatic N) is 2. The van der Waals surface area contributed by atoms with Crippen LogP contribution in [0.4, 0.5) is 5.69 Å². The summed E-state index contributed by atoms with van der Waals surface area (Å²) in [6.45, 7) is 7.53. The van der Waals surface area contributed by atoms with Gasteiger partial charge >= 0.3 is 0 Å². The summed E-state index contributed by atoms with van der Waals surface area (Å²) in [6.07, 6.45) is 1.60. The number of nitrogens with one attached hydrogen (secondary N) is 1. The van der Waals surface area contributed by atoms with E-state index in [9.17, 15) is 18.0 Å². The summed E-state index contributed by atoms with van der Waals surface area (Å²) in [5, 5.41) is 3.37. The van der Waals surface area contributed by atoms with E-state index in [1.165, 1.54) is 29.2 Å². The molecule has 3 aromatic rings. The Kier molecular flexibility index (Phi) is 12.2. The van der Waals surface area contributed by atoms with E-state index in [1.807, 2.05) is 51.1 Å². The maximum absolute atomic E-state index is 14.2. The van der Waals surface area contributed by atoms with Crippen LogP contribution in [-0.2, 0) is 26.0 Å². The van der Waals surface area contributed by atoms with Gasteiger partial charge in [-0.05, 0) is 75.1 Å². The number of ether oxygens (including phenoxy) is 1. The number of amides is 2. The van der Waals surface area contributed by atoms with Gasteiger partial charge in [0.15, 0.2) is 0 Å². The number of carbonyl (C=O) groups is 2. The van der Waals surface area contributed by atoms with E-state index in [0.717, 1.165) is 16.3 Å². The van der Waals surface area contributed by atoms with Gasteiger partial charge in [0.2, 0.25) is 11.8 Å². The van der Waals surface area contributed by atoms with Crippen LogP contribution >= 0.6 is 11.6 Å². The van der Waals surface area contributed by atoms with Crippen molar-refractivity contribution >= 4 is 39.1 Å². The number of hydrogen-bond donors (Lipinski definition) is 1. The molecule has 3 rings (SSSR count). The number of sulfonamides is 1. The molecule has 8 nitrogen and oxygen atoms in total.